The maximum absolute atomic E-state index is 13.2. The number of ether oxygens (including phenoxy) is 2. The molecule has 32 heavy (non-hydrogen) atoms. The van der Waals surface area contributed by atoms with Crippen LogP contribution in [0.4, 0.5) is 18.9 Å². The molecule has 1 spiro atoms. The number of alkyl halides is 3. The summed E-state index contributed by atoms with van der Waals surface area (Å²) in [5.74, 6) is 0.813. The van der Waals surface area contributed by atoms with Crippen molar-refractivity contribution in [2.24, 2.45) is 5.41 Å². The Morgan fingerprint density at radius 1 is 0.875 bits per heavy atom. The second-order valence-electron chi connectivity index (χ2n) is 8.71. The van der Waals surface area contributed by atoms with Crippen molar-refractivity contribution in [1.29, 1.82) is 0 Å². The van der Waals surface area contributed by atoms with Crippen LogP contribution in [0.15, 0.2) is 54.6 Å². The highest BCUT2D eigenvalue weighted by atomic mass is 19.4. The molecule has 1 saturated heterocycles. The first-order chi connectivity index (χ1) is 15.2. The monoisotopic (exact) mass is 449 g/mol. The summed E-state index contributed by atoms with van der Waals surface area (Å²) in [7, 11) is 0. The van der Waals surface area contributed by atoms with E-state index >= 15 is 0 Å². The van der Waals surface area contributed by atoms with Crippen LogP contribution in [0.1, 0.15) is 32.1 Å². The van der Waals surface area contributed by atoms with Gasteiger partial charge < -0.3 is 19.5 Å². The van der Waals surface area contributed by atoms with E-state index < -0.39 is 23.8 Å². The van der Waals surface area contributed by atoms with E-state index in [9.17, 15) is 23.1 Å². The van der Waals surface area contributed by atoms with Crippen molar-refractivity contribution in [2.45, 2.75) is 43.9 Å². The molecule has 1 amide bonds. The van der Waals surface area contributed by atoms with Crippen molar-refractivity contribution in [1.82, 2.24) is 0 Å². The summed E-state index contributed by atoms with van der Waals surface area (Å²) < 4.78 is 47.4. The maximum Gasteiger partial charge on any atom is 0.422 e. The van der Waals surface area contributed by atoms with E-state index in [0.29, 0.717) is 50.1 Å². The molecule has 1 aliphatic heterocycles. The second-order valence-corrected chi connectivity index (χ2v) is 8.71. The zero-order chi connectivity index (χ0) is 22.8. The van der Waals surface area contributed by atoms with E-state index in [1.807, 2.05) is 30.3 Å². The topological polar surface area (TPSA) is 59.0 Å². The average molecular weight is 449 g/mol. The van der Waals surface area contributed by atoms with Gasteiger partial charge in [0.15, 0.2) is 6.61 Å². The highest BCUT2D eigenvalue weighted by Crippen LogP contribution is 2.48. The van der Waals surface area contributed by atoms with Gasteiger partial charge in [-0.1, -0.05) is 18.2 Å². The van der Waals surface area contributed by atoms with E-state index in [2.05, 4.69) is 0 Å². The number of anilines is 1. The van der Waals surface area contributed by atoms with Crippen LogP contribution in [-0.2, 0) is 4.79 Å². The normalized spacial score (nSPS) is 25.9. The van der Waals surface area contributed by atoms with Gasteiger partial charge in [0.05, 0.1) is 11.0 Å². The first kappa shape index (κ1) is 22.5. The summed E-state index contributed by atoms with van der Waals surface area (Å²) in [6.45, 7) is -0.625. The lowest BCUT2D eigenvalue weighted by molar-refractivity contribution is -0.153. The lowest BCUT2D eigenvalue weighted by Crippen LogP contribution is -2.46. The molecule has 1 heterocycles. The number of carbonyl (C=O) groups excluding carboxylic acids is 1. The van der Waals surface area contributed by atoms with E-state index in [0.717, 1.165) is 0 Å². The third-order valence-electron chi connectivity index (χ3n) is 6.45. The standard InChI is InChI=1S/C24H26F3NO4/c25-24(26,27)17-32-20-8-6-18(7-9-20)28-15-14-22(21(28)29)10-12-23(30,13-11-22)16-31-19-4-2-1-3-5-19/h1-9,30H,10-17H2/t22-,23+. The molecule has 0 aromatic heterocycles. The van der Waals surface area contributed by atoms with Gasteiger partial charge in [0.2, 0.25) is 5.91 Å². The number of nitrogens with zero attached hydrogens (tertiary/aromatic N) is 1. The van der Waals surface area contributed by atoms with E-state index in [1.54, 1.807) is 17.0 Å². The van der Waals surface area contributed by atoms with E-state index in [4.69, 9.17) is 9.47 Å². The molecule has 2 fully saturated rings. The highest BCUT2D eigenvalue weighted by Gasteiger charge is 2.51. The molecule has 4 rings (SSSR count). The molecule has 1 N–H and O–H groups in total. The minimum atomic E-state index is -4.40. The predicted molar refractivity (Wildman–Crippen MR) is 113 cm³/mol. The smallest absolute Gasteiger partial charge is 0.422 e. The van der Waals surface area contributed by atoms with Crippen LogP contribution < -0.4 is 14.4 Å². The highest BCUT2D eigenvalue weighted by molar-refractivity contribution is 6.00. The van der Waals surface area contributed by atoms with Crippen LogP contribution in [0.5, 0.6) is 11.5 Å². The minimum Gasteiger partial charge on any atom is -0.491 e. The summed E-state index contributed by atoms with van der Waals surface area (Å²) in [4.78, 5) is 14.9. The molecule has 0 radical (unpaired) electrons. The molecule has 1 aliphatic carbocycles. The molecule has 0 atom stereocenters. The Morgan fingerprint density at radius 2 is 1.50 bits per heavy atom. The van der Waals surface area contributed by atoms with E-state index in [-0.39, 0.29) is 18.3 Å². The van der Waals surface area contributed by atoms with Crippen molar-refractivity contribution in [3.8, 4) is 11.5 Å². The molecule has 2 aliphatic rings. The summed E-state index contributed by atoms with van der Waals surface area (Å²) >= 11 is 0. The van der Waals surface area contributed by atoms with Gasteiger partial charge in [-0.3, -0.25) is 4.79 Å². The van der Waals surface area contributed by atoms with Crippen molar-refractivity contribution in [3.05, 3.63) is 54.6 Å². The molecule has 1 saturated carbocycles. The number of rotatable bonds is 6. The minimum absolute atomic E-state index is 0.00693. The SMILES string of the molecule is O=C1N(c2ccc(OCC(F)(F)F)cc2)CC[C@]12CC[C@@](O)(COc1ccccc1)CC2. The number of benzene rings is 2. The van der Waals surface area contributed by atoms with Crippen LogP contribution in [0.2, 0.25) is 0 Å². The van der Waals surface area contributed by atoms with Crippen molar-refractivity contribution < 1.29 is 32.5 Å². The third-order valence-corrected chi connectivity index (χ3v) is 6.45. The number of aliphatic hydroxyl groups is 1. The summed E-state index contributed by atoms with van der Waals surface area (Å²) in [5.41, 5.74) is -0.837. The Bertz CT molecular complexity index is 923. The number of hydrogen-bond acceptors (Lipinski definition) is 4. The average Bonchev–Trinajstić information content (AvgIpc) is 3.10. The fourth-order valence-corrected chi connectivity index (χ4v) is 4.49. The molecular formula is C24H26F3NO4. The predicted octanol–water partition coefficient (Wildman–Crippen LogP) is 4.73. The maximum atomic E-state index is 13.2. The van der Waals surface area contributed by atoms with Gasteiger partial charge in [0.1, 0.15) is 18.1 Å². The van der Waals surface area contributed by atoms with Crippen molar-refractivity contribution >= 4 is 11.6 Å². The van der Waals surface area contributed by atoms with Crippen molar-refractivity contribution in [3.63, 3.8) is 0 Å². The third kappa shape index (κ3) is 5.01. The number of hydrogen-bond donors (Lipinski definition) is 1. The Labute approximate surface area is 184 Å². The van der Waals surface area contributed by atoms with Gasteiger partial charge in [0.25, 0.3) is 0 Å². The van der Waals surface area contributed by atoms with E-state index in [1.165, 1.54) is 12.1 Å². The van der Waals surface area contributed by atoms with Gasteiger partial charge in [-0.25, -0.2) is 0 Å². The van der Waals surface area contributed by atoms with Crippen molar-refractivity contribution in [2.75, 3.05) is 24.7 Å². The lowest BCUT2D eigenvalue weighted by Gasteiger charge is -2.40. The molecule has 8 heteroatoms. The molecule has 5 nitrogen and oxygen atoms in total. The van der Waals surface area contributed by atoms with Crippen LogP contribution in [0.25, 0.3) is 0 Å². The molecule has 172 valence electrons. The zero-order valence-corrected chi connectivity index (χ0v) is 17.6. The first-order valence-electron chi connectivity index (χ1n) is 10.7. The molecule has 0 bridgehead atoms. The Hall–Kier alpha value is -2.74. The molecule has 0 unspecified atom stereocenters. The Morgan fingerprint density at radius 3 is 2.12 bits per heavy atom. The van der Waals surface area contributed by atoms with Crippen LogP contribution in [0, 0.1) is 5.41 Å². The van der Waals surface area contributed by atoms with Gasteiger partial charge >= 0.3 is 6.18 Å². The number of carbonyl (C=O) groups is 1. The Balaban J connectivity index is 1.34. The largest absolute Gasteiger partial charge is 0.491 e. The van der Waals surface area contributed by atoms with Gasteiger partial charge in [-0.2, -0.15) is 13.2 Å². The quantitative estimate of drug-likeness (QED) is 0.693. The zero-order valence-electron chi connectivity index (χ0n) is 17.6. The lowest BCUT2D eigenvalue weighted by atomic mass is 9.68. The number of amides is 1. The molecular weight excluding hydrogens is 423 g/mol. The number of halogens is 3. The molecule has 2 aromatic carbocycles. The summed E-state index contributed by atoms with van der Waals surface area (Å²) in [6, 6.07) is 15.4. The first-order valence-corrected chi connectivity index (χ1v) is 10.7. The van der Waals surface area contributed by atoms with Gasteiger partial charge in [-0.15, -0.1) is 0 Å². The van der Waals surface area contributed by atoms with Crippen LogP contribution >= 0.6 is 0 Å². The fourth-order valence-electron chi connectivity index (χ4n) is 4.49. The van der Waals surface area contributed by atoms with Crippen LogP contribution in [-0.4, -0.2) is 42.5 Å². The molecule has 2 aromatic rings. The number of para-hydroxylation sites is 1. The summed E-state index contributed by atoms with van der Waals surface area (Å²) in [6.07, 6.45) is -1.61. The second kappa shape index (κ2) is 8.65. The van der Waals surface area contributed by atoms with Gasteiger partial charge in [0, 0.05) is 12.2 Å². The van der Waals surface area contributed by atoms with Gasteiger partial charge in [-0.05, 0) is 68.5 Å². The summed E-state index contributed by atoms with van der Waals surface area (Å²) in [5, 5.41) is 10.9. The Kier molecular flexibility index (Phi) is 6.07. The van der Waals surface area contributed by atoms with Crippen LogP contribution in [0.3, 0.4) is 0 Å². The fraction of sp³-hybridized carbons (Fsp3) is 0.458.